The summed E-state index contributed by atoms with van der Waals surface area (Å²) in [6.07, 6.45) is 0. The van der Waals surface area contributed by atoms with Crippen LogP contribution in [0.25, 0.3) is 0 Å². The fraction of sp³-hybridized carbons (Fsp3) is 0.455. The minimum Gasteiger partial charge on any atom is -0.477 e. The Morgan fingerprint density at radius 1 is 1.56 bits per heavy atom. The van der Waals surface area contributed by atoms with Gasteiger partial charge in [-0.15, -0.1) is 0 Å². The fourth-order valence-electron chi connectivity index (χ4n) is 1.35. The zero-order valence-electron chi connectivity index (χ0n) is 9.51. The van der Waals surface area contributed by atoms with Crippen molar-refractivity contribution in [1.82, 2.24) is 4.98 Å². The van der Waals surface area contributed by atoms with Gasteiger partial charge in [0, 0.05) is 20.2 Å². The summed E-state index contributed by atoms with van der Waals surface area (Å²) < 4.78 is 4.99. The van der Waals surface area contributed by atoms with Crippen molar-refractivity contribution < 1.29 is 14.6 Å². The van der Waals surface area contributed by atoms with Gasteiger partial charge in [-0.3, -0.25) is 0 Å². The van der Waals surface area contributed by atoms with E-state index in [0.717, 1.165) is 6.54 Å². The molecular formula is C11H16N2O3. The number of likely N-dealkylation sites (N-methyl/N-ethyl adjacent to an activating group) is 1. The number of carboxylic acid groups (broad SMARTS) is 1. The summed E-state index contributed by atoms with van der Waals surface area (Å²) in [6.45, 7) is 4.04. The molecule has 16 heavy (non-hydrogen) atoms. The number of pyridine rings is 1. The van der Waals surface area contributed by atoms with Crippen LogP contribution in [0.2, 0.25) is 0 Å². The van der Waals surface area contributed by atoms with Gasteiger partial charge in [0.05, 0.1) is 6.61 Å². The van der Waals surface area contributed by atoms with Crippen LogP contribution in [-0.2, 0) is 4.74 Å². The summed E-state index contributed by atoms with van der Waals surface area (Å²) in [7, 11) is 1.63. The Morgan fingerprint density at radius 2 is 2.31 bits per heavy atom. The van der Waals surface area contributed by atoms with E-state index in [9.17, 15) is 4.79 Å². The predicted molar refractivity (Wildman–Crippen MR) is 61.0 cm³/mol. The van der Waals surface area contributed by atoms with Gasteiger partial charge in [0.1, 0.15) is 5.82 Å². The highest BCUT2D eigenvalue weighted by molar-refractivity contribution is 5.85. The van der Waals surface area contributed by atoms with E-state index in [2.05, 4.69) is 4.98 Å². The van der Waals surface area contributed by atoms with E-state index >= 15 is 0 Å². The van der Waals surface area contributed by atoms with Gasteiger partial charge in [-0.1, -0.05) is 6.07 Å². The molecule has 0 saturated carbocycles. The van der Waals surface area contributed by atoms with Crippen LogP contribution in [-0.4, -0.2) is 42.9 Å². The molecule has 1 aromatic rings. The molecular weight excluding hydrogens is 208 g/mol. The summed E-state index contributed by atoms with van der Waals surface area (Å²) in [4.78, 5) is 16.8. The Morgan fingerprint density at radius 3 is 2.88 bits per heavy atom. The summed E-state index contributed by atoms with van der Waals surface area (Å²) in [5.41, 5.74) is 0.0633. The molecule has 5 nitrogen and oxygen atoms in total. The molecule has 0 spiro atoms. The van der Waals surface area contributed by atoms with Gasteiger partial charge in [-0.2, -0.15) is 0 Å². The maximum Gasteiger partial charge on any atom is 0.354 e. The van der Waals surface area contributed by atoms with E-state index in [1.165, 1.54) is 6.07 Å². The molecule has 0 aliphatic heterocycles. The highest BCUT2D eigenvalue weighted by Gasteiger charge is 2.09. The van der Waals surface area contributed by atoms with Gasteiger partial charge in [0.25, 0.3) is 0 Å². The second-order valence-corrected chi connectivity index (χ2v) is 3.26. The average molecular weight is 224 g/mol. The summed E-state index contributed by atoms with van der Waals surface area (Å²) in [5.74, 6) is -0.343. The number of hydrogen-bond donors (Lipinski definition) is 1. The maximum atomic E-state index is 10.8. The number of methoxy groups -OCH3 is 1. The van der Waals surface area contributed by atoms with Gasteiger partial charge in [0.15, 0.2) is 5.69 Å². The first-order valence-corrected chi connectivity index (χ1v) is 5.13. The van der Waals surface area contributed by atoms with Crippen molar-refractivity contribution in [2.45, 2.75) is 6.92 Å². The van der Waals surface area contributed by atoms with Gasteiger partial charge in [-0.05, 0) is 19.1 Å². The Balaban J connectivity index is 2.83. The fourth-order valence-corrected chi connectivity index (χ4v) is 1.35. The van der Waals surface area contributed by atoms with E-state index in [0.29, 0.717) is 19.0 Å². The number of rotatable bonds is 6. The number of hydrogen-bond acceptors (Lipinski definition) is 4. The minimum atomic E-state index is -1.01. The average Bonchev–Trinajstić information content (AvgIpc) is 2.30. The minimum absolute atomic E-state index is 0.0633. The van der Waals surface area contributed by atoms with Gasteiger partial charge >= 0.3 is 5.97 Å². The van der Waals surface area contributed by atoms with Crippen LogP contribution in [0.4, 0.5) is 5.82 Å². The zero-order chi connectivity index (χ0) is 12.0. The molecule has 1 rings (SSSR count). The molecule has 0 fully saturated rings. The second-order valence-electron chi connectivity index (χ2n) is 3.26. The Kier molecular flexibility index (Phi) is 4.72. The van der Waals surface area contributed by atoms with Crippen molar-refractivity contribution in [3.63, 3.8) is 0 Å². The summed E-state index contributed by atoms with van der Waals surface area (Å²) in [6, 6.07) is 4.98. The third-order valence-corrected chi connectivity index (χ3v) is 2.22. The first-order valence-electron chi connectivity index (χ1n) is 5.13. The van der Waals surface area contributed by atoms with Gasteiger partial charge < -0.3 is 14.7 Å². The molecule has 0 radical (unpaired) electrons. The van der Waals surface area contributed by atoms with Crippen molar-refractivity contribution in [2.24, 2.45) is 0 Å². The van der Waals surface area contributed by atoms with Crippen LogP contribution in [0.1, 0.15) is 17.4 Å². The topological polar surface area (TPSA) is 62.7 Å². The zero-order valence-corrected chi connectivity index (χ0v) is 9.51. The molecule has 0 bridgehead atoms. The first kappa shape index (κ1) is 12.4. The molecule has 1 N–H and O–H groups in total. The van der Waals surface area contributed by atoms with E-state index < -0.39 is 5.97 Å². The van der Waals surface area contributed by atoms with Gasteiger partial charge in [-0.25, -0.2) is 9.78 Å². The molecule has 1 heterocycles. The molecule has 5 heteroatoms. The lowest BCUT2D eigenvalue weighted by atomic mass is 10.3. The van der Waals surface area contributed by atoms with E-state index in [1.807, 2.05) is 11.8 Å². The highest BCUT2D eigenvalue weighted by Crippen LogP contribution is 2.11. The smallest absolute Gasteiger partial charge is 0.354 e. The van der Waals surface area contributed by atoms with Crippen LogP contribution in [0.3, 0.4) is 0 Å². The molecule has 0 amide bonds. The standard InChI is InChI=1S/C11H16N2O3/c1-3-13(7-8-16-2)10-6-4-5-9(12-10)11(14)15/h4-6H,3,7-8H2,1-2H3,(H,14,15). The number of aromatic nitrogens is 1. The molecule has 0 unspecified atom stereocenters. The van der Waals surface area contributed by atoms with Crippen LogP contribution >= 0.6 is 0 Å². The number of aromatic carboxylic acids is 1. The molecule has 1 aromatic heterocycles. The maximum absolute atomic E-state index is 10.8. The van der Waals surface area contributed by atoms with Gasteiger partial charge in [0.2, 0.25) is 0 Å². The lowest BCUT2D eigenvalue weighted by molar-refractivity contribution is 0.0690. The quantitative estimate of drug-likeness (QED) is 0.788. The Hall–Kier alpha value is -1.62. The largest absolute Gasteiger partial charge is 0.477 e. The van der Waals surface area contributed by atoms with Crippen LogP contribution in [0, 0.1) is 0 Å². The van der Waals surface area contributed by atoms with Crippen molar-refractivity contribution in [2.75, 3.05) is 31.7 Å². The summed E-state index contributed by atoms with van der Waals surface area (Å²) >= 11 is 0. The lowest BCUT2D eigenvalue weighted by Crippen LogP contribution is -2.28. The van der Waals surface area contributed by atoms with Crippen LogP contribution in [0.15, 0.2) is 18.2 Å². The predicted octanol–water partition coefficient (Wildman–Crippen LogP) is 1.25. The molecule has 0 atom stereocenters. The molecule has 0 aliphatic rings. The van der Waals surface area contributed by atoms with Crippen molar-refractivity contribution in [3.8, 4) is 0 Å². The van der Waals surface area contributed by atoms with Crippen molar-refractivity contribution >= 4 is 11.8 Å². The molecule has 0 aliphatic carbocycles. The van der Waals surface area contributed by atoms with Crippen molar-refractivity contribution in [3.05, 3.63) is 23.9 Å². The Bertz CT molecular complexity index is 355. The lowest BCUT2D eigenvalue weighted by Gasteiger charge is -2.21. The SMILES string of the molecule is CCN(CCOC)c1cccc(C(=O)O)n1. The van der Waals surface area contributed by atoms with E-state index in [4.69, 9.17) is 9.84 Å². The van der Waals surface area contributed by atoms with Crippen LogP contribution in [0.5, 0.6) is 0 Å². The summed E-state index contributed by atoms with van der Waals surface area (Å²) in [5, 5.41) is 8.83. The third-order valence-electron chi connectivity index (χ3n) is 2.22. The van der Waals surface area contributed by atoms with Crippen molar-refractivity contribution in [1.29, 1.82) is 0 Å². The number of carbonyl (C=O) groups is 1. The third kappa shape index (κ3) is 3.20. The molecule has 88 valence electrons. The molecule has 0 aromatic carbocycles. The monoisotopic (exact) mass is 224 g/mol. The Labute approximate surface area is 94.7 Å². The molecule has 0 saturated heterocycles. The highest BCUT2D eigenvalue weighted by atomic mass is 16.5. The number of ether oxygens (including phenoxy) is 1. The first-order chi connectivity index (χ1) is 7.69. The second kappa shape index (κ2) is 6.07. The van der Waals surface area contributed by atoms with Crippen LogP contribution < -0.4 is 4.90 Å². The number of nitrogens with zero attached hydrogens (tertiary/aromatic N) is 2. The number of anilines is 1. The number of carboxylic acids is 1. The normalized spacial score (nSPS) is 10.1. The van der Waals surface area contributed by atoms with E-state index in [-0.39, 0.29) is 5.69 Å². The van der Waals surface area contributed by atoms with E-state index in [1.54, 1.807) is 19.2 Å².